The van der Waals surface area contributed by atoms with Crippen LogP contribution in [-0.2, 0) is 19.4 Å². The lowest BCUT2D eigenvalue weighted by Crippen LogP contribution is -2.44. The molecule has 5 rings (SSSR count). The van der Waals surface area contributed by atoms with Crippen molar-refractivity contribution < 1.29 is 23.8 Å². The molecule has 0 spiro atoms. The summed E-state index contributed by atoms with van der Waals surface area (Å²) in [6, 6.07) is 14.1. The van der Waals surface area contributed by atoms with Gasteiger partial charge in [-0.05, 0) is 67.3 Å². The number of hydrogen-bond acceptors (Lipinski definition) is 7. The molecule has 0 atom stereocenters. The highest BCUT2D eigenvalue weighted by Gasteiger charge is 2.23. The average Bonchev–Trinajstić information content (AvgIpc) is 2.95. The van der Waals surface area contributed by atoms with Gasteiger partial charge in [-0.25, -0.2) is 14.2 Å². The van der Waals surface area contributed by atoms with Crippen LogP contribution in [0.3, 0.4) is 0 Å². The van der Waals surface area contributed by atoms with E-state index in [0.717, 1.165) is 43.0 Å². The Hall–Kier alpha value is -4.18. The molecule has 40 heavy (non-hydrogen) atoms. The van der Waals surface area contributed by atoms with Crippen molar-refractivity contribution in [1.29, 1.82) is 0 Å². The molecule has 0 radical (unpaired) electrons. The third kappa shape index (κ3) is 6.02. The normalized spacial score (nSPS) is 15.6. The number of nitrogens with zero attached hydrogens (tertiary/aromatic N) is 4. The van der Waals surface area contributed by atoms with Gasteiger partial charge in [0.1, 0.15) is 5.82 Å². The SMILES string of the molecule is CN1CCN(c2ccc(OCCCc3ccc(N4CCc5cccc(C(N)=O)c5C4)nc3C(=O)O)c(F)c2)CC1. The van der Waals surface area contributed by atoms with Crippen LogP contribution in [0.15, 0.2) is 48.5 Å². The molecule has 10 heteroatoms. The molecule has 1 fully saturated rings. The van der Waals surface area contributed by atoms with E-state index in [1.54, 1.807) is 24.3 Å². The summed E-state index contributed by atoms with van der Waals surface area (Å²) in [5, 5.41) is 9.85. The second-order valence-electron chi connectivity index (χ2n) is 10.3. The average molecular weight is 548 g/mol. The topological polar surface area (TPSA) is 112 Å². The van der Waals surface area contributed by atoms with Gasteiger partial charge in [0.2, 0.25) is 5.91 Å². The van der Waals surface area contributed by atoms with Crippen molar-refractivity contribution in [2.24, 2.45) is 5.73 Å². The van der Waals surface area contributed by atoms with Gasteiger partial charge in [-0.15, -0.1) is 0 Å². The number of halogens is 1. The predicted octanol–water partition coefficient (Wildman–Crippen LogP) is 3.34. The molecule has 3 aromatic rings. The second-order valence-corrected chi connectivity index (χ2v) is 10.3. The molecule has 210 valence electrons. The van der Waals surface area contributed by atoms with Gasteiger partial charge in [0, 0.05) is 56.6 Å². The van der Waals surface area contributed by atoms with Crippen LogP contribution >= 0.6 is 0 Å². The number of carboxylic acid groups (broad SMARTS) is 1. The number of carboxylic acids is 1. The largest absolute Gasteiger partial charge is 0.491 e. The zero-order valence-electron chi connectivity index (χ0n) is 22.6. The van der Waals surface area contributed by atoms with Crippen LogP contribution in [0.5, 0.6) is 5.75 Å². The monoisotopic (exact) mass is 547 g/mol. The van der Waals surface area contributed by atoms with Gasteiger partial charge in [-0.1, -0.05) is 18.2 Å². The number of carbonyl (C=O) groups excluding carboxylic acids is 1. The number of amides is 1. The van der Waals surface area contributed by atoms with Crippen LogP contribution in [0.1, 0.15) is 44.0 Å². The molecule has 1 aromatic heterocycles. The van der Waals surface area contributed by atoms with Gasteiger partial charge in [0.05, 0.1) is 6.61 Å². The molecular weight excluding hydrogens is 513 g/mol. The molecule has 0 unspecified atom stereocenters. The summed E-state index contributed by atoms with van der Waals surface area (Å²) >= 11 is 0. The highest BCUT2D eigenvalue weighted by Crippen LogP contribution is 2.28. The van der Waals surface area contributed by atoms with Crippen molar-refractivity contribution >= 4 is 23.4 Å². The Morgan fingerprint density at radius 2 is 1.85 bits per heavy atom. The zero-order chi connectivity index (χ0) is 28.2. The summed E-state index contributed by atoms with van der Waals surface area (Å²) in [5.74, 6) is -1.29. The highest BCUT2D eigenvalue weighted by molar-refractivity contribution is 5.95. The number of anilines is 2. The van der Waals surface area contributed by atoms with Gasteiger partial charge in [0.15, 0.2) is 17.3 Å². The Morgan fingerprint density at radius 1 is 1.05 bits per heavy atom. The Bertz CT molecular complexity index is 1410. The molecule has 3 heterocycles. The van der Waals surface area contributed by atoms with Gasteiger partial charge in [-0.3, -0.25) is 4.79 Å². The first-order valence-electron chi connectivity index (χ1n) is 13.5. The van der Waals surface area contributed by atoms with E-state index in [0.29, 0.717) is 49.3 Å². The number of rotatable bonds is 9. The fourth-order valence-corrected chi connectivity index (χ4v) is 5.36. The van der Waals surface area contributed by atoms with Crippen LogP contribution < -0.4 is 20.3 Å². The van der Waals surface area contributed by atoms with E-state index in [2.05, 4.69) is 21.8 Å². The molecule has 9 nitrogen and oxygen atoms in total. The van der Waals surface area contributed by atoms with Crippen molar-refractivity contribution in [3.8, 4) is 5.75 Å². The standard InChI is InChI=1S/C30H34FN5O4/c1-34-13-15-35(16-14-34)22-8-9-26(25(31)18-22)40-17-3-5-21-7-10-27(33-28(21)30(38)39)36-12-11-20-4-2-6-23(29(32)37)24(20)19-36/h2,4,6-10,18H,3,5,11-17,19H2,1H3,(H2,32,37)(H,38,39). The lowest BCUT2D eigenvalue weighted by Gasteiger charge is -2.34. The lowest BCUT2D eigenvalue weighted by atomic mass is 9.94. The van der Waals surface area contributed by atoms with Crippen LogP contribution in [0, 0.1) is 5.82 Å². The minimum atomic E-state index is -1.11. The van der Waals surface area contributed by atoms with Gasteiger partial charge in [-0.2, -0.15) is 0 Å². The minimum absolute atomic E-state index is 0.0193. The Labute approximate surface area is 233 Å². The Balaban J connectivity index is 1.20. The molecule has 2 aliphatic heterocycles. The minimum Gasteiger partial charge on any atom is -0.491 e. The smallest absolute Gasteiger partial charge is 0.354 e. The molecule has 0 aliphatic carbocycles. The third-order valence-corrected chi connectivity index (χ3v) is 7.66. The van der Waals surface area contributed by atoms with Gasteiger partial charge >= 0.3 is 5.97 Å². The summed E-state index contributed by atoms with van der Waals surface area (Å²) in [6.07, 6.45) is 1.62. The first-order valence-corrected chi connectivity index (χ1v) is 13.5. The van der Waals surface area contributed by atoms with Crippen LogP contribution in [0.25, 0.3) is 0 Å². The van der Waals surface area contributed by atoms with Crippen LogP contribution in [0.4, 0.5) is 15.9 Å². The van der Waals surface area contributed by atoms with Crippen molar-refractivity contribution in [2.45, 2.75) is 25.8 Å². The maximum Gasteiger partial charge on any atom is 0.354 e. The quantitative estimate of drug-likeness (QED) is 0.393. The lowest BCUT2D eigenvalue weighted by molar-refractivity contribution is 0.0688. The number of aromatic carboxylic acids is 1. The summed E-state index contributed by atoms with van der Waals surface area (Å²) in [7, 11) is 2.08. The van der Waals surface area contributed by atoms with Crippen molar-refractivity contribution in [3.05, 3.63) is 82.3 Å². The number of likely N-dealkylation sites (N-methyl/N-ethyl adjacent to an activating group) is 1. The molecule has 2 aromatic carbocycles. The Kier molecular flexibility index (Phi) is 8.16. The van der Waals surface area contributed by atoms with Crippen molar-refractivity contribution in [1.82, 2.24) is 9.88 Å². The third-order valence-electron chi connectivity index (χ3n) is 7.66. The number of carbonyl (C=O) groups is 2. The van der Waals surface area contributed by atoms with E-state index >= 15 is 0 Å². The first kappa shape index (κ1) is 27.4. The van der Waals surface area contributed by atoms with E-state index in [1.165, 1.54) is 6.07 Å². The molecule has 0 saturated carbocycles. The van der Waals surface area contributed by atoms with Gasteiger partial charge < -0.3 is 30.3 Å². The fourth-order valence-electron chi connectivity index (χ4n) is 5.36. The molecule has 2 aliphatic rings. The first-order chi connectivity index (χ1) is 19.3. The summed E-state index contributed by atoms with van der Waals surface area (Å²) < 4.78 is 20.4. The van der Waals surface area contributed by atoms with Crippen LogP contribution in [-0.4, -0.2) is 73.2 Å². The molecule has 1 saturated heterocycles. The van der Waals surface area contributed by atoms with Crippen molar-refractivity contribution in [2.75, 3.05) is 56.2 Å². The second kappa shape index (κ2) is 11.9. The summed E-state index contributed by atoms with van der Waals surface area (Å²) in [5.41, 5.74) is 9.37. The number of ether oxygens (including phenoxy) is 1. The molecular formula is C30H34FN5O4. The van der Waals surface area contributed by atoms with E-state index in [1.807, 2.05) is 23.1 Å². The molecule has 0 bridgehead atoms. The van der Waals surface area contributed by atoms with Gasteiger partial charge in [0.25, 0.3) is 0 Å². The number of aryl methyl sites for hydroxylation is 1. The number of benzene rings is 2. The van der Waals surface area contributed by atoms with E-state index in [9.17, 15) is 19.1 Å². The molecule has 1 amide bonds. The predicted molar refractivity (Wildman–Crippen MR) is 151 cm³/mol. The summed E-state index contributed by atoms with van der Waals surface area (Å²) in [6.45, 7) is 4.90. The van der Waals surface area contributed by atoms with E-state index in [4.69, 9.17) is 10.5 Å². The number of hydrogen-bond donors (Lipinski definition) is 2. The number of nitrogens with two attached hydrogens (primary N) is 1. The highest BCUT2D eigenvalue weighted by atomic mass is 19.1. The number of pyridine rings is 1. The molecule has 3 N–H and O–H groups in total. The Morgan fingerprint density at radius 3 is 2.58 bits per heavy atom. The maximum atomic E-state index is 14.7. The fraction of sp³-hybridized carbons (Fsp3) is 0.367. The van der Waals surface area contributed by atoms with Crippen LogP contribution in [0.2, 0.25) is 0 Å². The number of fused-ring (bicyclic) bond motifs is 1. The number of primary amides is 1. The number of aromatic nitrogens is 1. The van der Waals surface area contributed by atoms with E-state index in [-0.39, 0.29) is 18.1 Å². The number of piperazine rings is 1. The van der Waals surface area contributed by atoms with Crippen molar-refractivity contribution in [3.63, 3.8) is 0 Å². The zero-order valence-corrected chi connectivity index (χ0v) is 22.6. The van der Waals surface area contributed by atoms with E-state index < -0.39 is 17.7 Å². The maximum absolute atomic E-state index is 14.7. The summed E-state index contributed by atoms with van der Waals surface area (Å²) in [4.78, 5) is 34.8.